The monoisotopic (exact) mass is 303 g/mol. The molecule has 21 heavy (non-hydrogen) atoms. The fourth-order valence-corrected chi connectivity index (χ4v) is 3.87. The van der Waals surface area contributed by atoms with E-state index in [9.17, 15) is 0 Å². The quantitative estimate of drug-likeness (QED) is 0.932. The van der Waals surface area contributed by atoms with Crippen LogP contribution in [0.4, 0.5) is 5.00 Å². The van der Waals surface area contributed by atoms with Gasteiger partial charge in [-0.3, -0.25) is 0 Å². The Morgan fingerprint density at radius 2 is 2.14 bits per heavy atom. The number of nitrogens with one attached hydrogen (secondary N) is 1. The van der Waals surface area contributed by atoms with Gasteiger partial charge < -0.3 is 10.2 Å². The Balaban J connectivity index is 1.71. The molecule has 4 heteroatoms. The third-order valence-corrected chi connectivity index (χ3v) is 5.03. The average Bonchev–Trinajstić information content (AvgIpc) is 2.89. The Bertz CT molecular complexity index is 599. The van der Waals surface area contributed by atoms with Crippen LogP contribution in [-0.2, 0) is 0 Å². The summed E-state index contributed by atoms with van der Waals surface area (Å²) in [4.78, 5) is 2.54. The van der Waals surface area contributed by atoms with Gasteiger partial charge in [-0.25, -0.2) is 0 Å². The summed E-state index contributed by atoms with van der Waals surface area (Å²) in [5, 5.41) is 6.32. The molecule has 3 nitrogen and oxygen atoms in total. The average molecular weight is 303 g/mol. The van der Waals surface area contributed by atoms with Crippen molar-refractivity contribution in [2.24, 2.45) is 5.92 Å². The molecule has 1 fully saturated rings. The fourth-order valence-electron chi connectivity index (χ4n) is 2.97. The highest BCUT2D eigenvalue weighted by molar-refractivity contribution is 7.11. The van der Waals surface area contributed by atoms with Crippen molar-refractivity contribution in [3.63, 3.8) is 0 Å². The van der Waals surface area contributed by atoms with Crippen LogP contribution in [0.1, 0.15) is 33.6 Å². The molecule has 2 heterocycles. The number of benzene rings is 1. The number of aromatic nitrogens is 1. The Kier molecular flexibility index (Phi) is 4.18. The summed E-state index contributed by atoms with van der Waals surface area (Å²) >= 11 is 1.65. The number of rotatable bonds is 3. The molecule has 0 bridgehead atoms. The first-order chi connectivity index (χ1) is 10.0. The fraction of sp³-hybridized carbons (Fsp3) is 0.588. The predicted molar refractivity (Wildman–Crippen MR) is 92.3 cm³/mol. The van der Waals surface area contributed by atoms with Crippen molar-refractivity contribution < 1.29 is 0 Å². The zero-order valence-corrected chi connectivity index (χ0v) is 14.0. The molecule has 1 aliphatic heterocycles. The van der Waals surface area contributed by atoms with Crippen LogP contribution in [0, 0.1) is 5.92 Å². The second-order valence-corrected chi connectivity index (χ2v) is 7.84. The lowest BCUT2D eigenvalue weighted by molar-refractivity contribution is 0.336. The second kappa shape index (κ2) is 5.93. The summed E-state index contributed by atoms with van der Waals surface area (Å²) in [6.07, 6.45) is 2.61. The minimum atomic E-state index is 0.208. The van der Waals surface area contributed by atoms with Gasteiger partial charge in [0.05, 0.1) is 5.52 Å². The van der Waals surface area contributed by atoms with Crippen molar-refractivity contribution in [2.45, 2.75) is 39.2 Å². The van der Waals surface area contributed by atoms with Crippen molar-refractivity contribution in [3.05, 3.63) is 24.3 Å². The molecule has 0 radical (unpaired) electrons. The molecule has 1 atom stereocenters. The zero-order chi connectivity index (χ0) is 14.9. The van der Waals surface area contributed by atoms with E-state index in [1.54, 1.807) is 11.5 Å². The number of fused-ring (bicyclic) bond motifs is 1. The largest absolute Gasteiger partial charge is 0.361 e. The minimum Gasteiger partial charge on any atom is -0.361 e. The van der Waals surface area contributed by atoms with Crippen LogP contribution >= 0.6 is 11.5 Å². The van der Waals surface area contributed by atoms with E-state index >= 15 is 0 Å². The smallest absolute Gasteiger partial charge is 0.119 e. The first-order valence-electron chi connectivity index (χ1n) is 7.87. The predicted octanol–water partition coefficient (Wildman–Crippen LogP) is 3.90. The van der Waals surface area contributed by atoms with E-state index in [-0.39, 0.29) is 5.54 Å². The summed E-state index contributed by atoms with van der Waals surface area (Å²) < 4.78 is 4.59. The van der Waals surface area contributed by atoms with Crippen molar-refractivity contribution in [1.29, 1.82) is 0 Å². The van der Waals surface area contributed by atoms with Gasteiger partial charge in [0, 0.05) is 30.6 Å². The van der Waals surface area contributed by atoms with E-state index < -0.39 is 0 Å². The molecule has 1 unspecified atom stereocenters. The lowest BCUT2D eigenvalue weighted by atomic mass is 9.96. The summed E-state index contributed by atoms with van der Waals surface area (Å²) in [6.45, 7) is 10.1. The zero-order valence-electron chi connectivity index (χ0n) is 13.2. The van der Waals surface area contributed by atoms with Crippen molar-refractivity contribution in [2.75, 3.05) is 24.5 Å². The minimum absolute atomic E-state index is 0.208. The Labute approximate surface area is 131 Å². The van der Waals surface area contributed by atoms with Gasteiger partial charge in [0.2, 0.25) is 0 Å². The van der Waals surface area contributed by atoms with Crippen LogP contribution in [0.5, 0.6) is 0 Å². The van der Waals surface area contributed by atoms with Crippen LogP contribution in [0.15, 0.2) is 24.3 Å². The molecular weight excluding hydrogens is 278 g/mol. The second-order valence-electron chi connectivity index (χ2n) is 7.09. The Morgan fingerprint density at radius 1 is 1.33 bits per heavy atom. The van der Waals surface area contributed by atoms with Crippen LogP contribution in [0.2, 0.25) is 0 Å². The van der Waals surface area contributed by atoms with E-state index in [4.69, 9.17) is 0 Å². The standard InChI is InChI=1S/C17H25N3S/c1-17(2,3)18-11-13-7-6-10-20(12-13)16-14-8-4-5-9-15(14)19-21-16/h4-5,8-9,13,18H,6-7,10-12H2,1-3H3. The first-order valence-corrected chi connectivity index (χ1v) is 8.65. The maximum absolute atomic E-state index is 4.59. The van der Waals surface area contributed by atoms with Gasteiger partial charge in [-0.1, -0.05) is 12.1 Å². The lowest BCUT2D eigenvalue weighted by Crippen LogP contribution is -2.44. The van der Waals surface area contributed by atoms with Gasteiger partial charge >= 0.3 is 0 Å². The van der Waals surface area contributed by atoms with Crippen molar-refractivity contribution >= 4 is 27.4 Å². The number of nitrogens with zero attached hydrogens (tertiary/aromatic N) is 2. The SMILES string of the molecule is CC(C)(C)NCC1CCCN(c2snc3ccccc23)C1. The molecule has 2 aromatic rings. The van der Waals surface area contributed by atoms with Crippen LogP contribution in [0.3, 0.4) is 0 Å². The van der Waals surface area contributed by atoms with Crippen LogP contribution < -0.4 is 10.2 Å². The number of piperidine rings is 1. The van der Waals surface area contributed by atoms with E-state index in [0.717, 1.165) is 31.1 Å². The van der Waals surface area contributed by atoms with E-state index in [0.29, 0.717) is 0 Å². The molecule has 1 aromatic carbocycles. The molecule has 1 saturated heterocycles. The molecular formula is C17H25N3S. The summed E-state index contributed by atoms with van der Waals surface area (Å²) in [6, 6.07) is 8.49. The van der Waals surface area contributed by atoms with Crippen LogP contribution in [-0.4, -0.2) is 29.5 Å². The number of hydrogen-bond donors (Lipinski definition) is 1. The molecule has 0 aliphatic carbocycles. The van der Waals surface area contributed by atoms with Crippen molar-refractivity contribution in [3.8, 4) is 0 Å². The van der Waals surface area contributed by atoms with Gasteiger partial charge in [0.15, 0.2) is 0 Å². The van der Waals surface area contributed by atoms with E-state index in [1.807, 2.05) is 0 Å². The normalized spacial score (nSPS) is 20.1. The van der Waals surface area contributed by atoms with Crippen molar-refractivity contribution in [1.82, 2.24) is 9.69 Å². The molecule has 0 saturated carbocycles. The van der Waals surface area contributed by atoms with Gasteiger partial charge in [0.25, 0.3) is 0 Å². The third kappa shape index (κ3) is 3.55. The van der Waals surface area contributed by atoms with Gasteiger partial charge in [-0.15, -0.1) is 0 Å². The van der Waals surface area contributed by atoms with E-state index in [1.165, 1.54) is 23.2 Å². The van der Waals surface area contributed by atoms with Crippen LogP contribution in [0.25, 0.3) is 10.9 Å². The highest BCUT2D eigenvalue weighted by Gasteiger charge is 2.23. The summed E-state index contributed by atoms with van der Waals surface area (Å²) in [5.41, 5.74) is 1.34. The molecule has 114 valence electrons. The summed E-state index contributed by atoms with van der Waals surface area (Å²) in [5.74, 6) is 0.735. The molecule has 3 rings (SSSR count). The Hall–Kier alpha value is -1.13. The molecule has 1 N–H and O–H groups in total. The maximum Gasteiger partial charge on any atom is 0.119 e. The van der Waals surface area contributed by atoms with E-state index in [2.05, 4.69) is 59.6 Å². The van der Waals surface area contributed by atoms with Gasteiger partial charge in [-0.05, 0) is 63.2 Å². The molecule has 1 aromatic heterocycles. The first kappa shape index (κ1) is 14.8. The molecule has 1 aliphatic rings. The molecule has 0 spiro atoms. The van der Waals surface area contributed by atoms with Gasteiger partial charge in [-0.2, -0.15) is 4.37 Å². The molecule has 0 amide bonds. The lowest BCUT2D eigenvalue weighted by Gasteiger charge is -2.35. The Morgan fingerprint density at radius 3 is 2.95 bits per heavy atom. The van der Waals surface area contributed by atoms with Gasteiger partial charge in [0.1, 0.15) is 5.00 Å². The number of hydrogen-bond acceptors (Lipinski definition) is 4. The summed E-state index contributed by atoms with van der Waals surface area (Å²) in [7, 11) is 0. The highest BCUT2D eigenvalue weighted by atomic mass is 32.1. The number of anilines is 1. The third-order valence-electron chi connectivity index (χ3n) is 4.09. The topological polar surface area (TPSA) is 28.2 Å². The maximum atomic E-state index is 4.59. The highest BCUT2D eigenvalue weighted by Crippen LogP contribution is 2.33.